The van der Waals surface area contributed by atoms with E-state index < -0.39 is 0 Å². The third kappa shape index (κ3) is 6.77. The Morgan fingerprint density at radius 2 is 2.03 bits per heavy atom. The van der Waals surface area contributed by atoms with Gasteiger partial charge in [-0.25, -0.2) is 19.6 Å². The molecule has 0 unspecified atom stereocenters. The fourth-order valence-electron chi connectivity index (χ4n) is 2.84. The molecule has 29 heavy (non-hydrogen) atoms. The van der Waals surface area contributed by atoms with Crippen molar-refractivity contribution in [2.24, 2.45) is 4.99 Å². The minimum Gasteiger partial charge on any atom is -0.357 e. The van der Waals surface area contributed by atoms with Crippen molar-refractivity contribution < 1.29 is 0 Å². The van der Waals surface area contributed by atoms with Gasteiger partial charge in [0.25, 0.3) is 0 Å². The number of aryl methyl sites for hydroxylation is 3. The van der Waals surface area contributed by atoms with Crippen LogP contribution in [-0.2, 0) is 13.0 Å². The Morgan fingerprint density at radius 1 is 1.21 bits per heavy atom. The van der Waals surface area contributed by atoms with Gasteiger partial charge in [-0.15, -0.1) is 35.3 Å². The SMILES string of the molecule is CCNC(=NCc1ccc(-n2nc(C)cc2C)nc1)NCCc1csc(C)n1.I. The number of halogens is 1. The maximum Gasteiger partial charge on any atom is 0.191 e. The number of rotatable bonds is 7. The molecule has 0 atom stereocenters. The summed E-state index contributed by atoms with van der Waals surface area (Å²) in [5.74, 6) is 1.62. The normalized spacial score (nSPS) is 11.2. The zero-order valence-electron chi connectivity index (χ0n) is 17.3. The van der Waals surface area contributed by atoms with E-state index in [9.17, 15) is 0 Å². The first-order chi connectivity index (χ1) is 13.5. The third-order valence-electron chi connectivity index (χ3n) is 4.14. The van der Waals surface area contributed by atoms with Gasteiger partial charge in [0.2, 0.25) is 0 Å². The summed E-state index contributed by atoms with van der Waals surface area (Å²) in [6, 6.07) is 6.07. The second-order valence-corrected chi connectivity index (χ2v) is 7.66. The van der Waals surface area contributed by atoms with Gasteiger partial charge in [-0.2, -0.15) is 5.10 Å². The van der Waals surface area contributed by atoms with E-state index >= 15 is 0 Å². The molecule has 0 spiro atoms. The quantitative estimate of drug-likeness (QED) is 0.280. The van der Waals surface area contributed by atoms with E-state index in [4.69, 9.17) is 0 Å². The lowest BCUT2D eigenvalue weighted by Crippen LogP contribution is -2.38. The number of pyridine rings is 1. The number of hydrogen-bond donors (Lipinski definition) is 2. The van der Waals surface area contributed by atoms with Crippen molar-refractivity contribution in [2.45, 2.75) is 40.7 Å². The van der Waals surface area contributed by atoms with E-state index in [2.05, 4.69) is 43.0 Å². The van der Waals surface area contributed by atoms with Crippen LogP contribution in [-0.4, -0.2) is 38.8 Å². The molecule has 0 saturated carbocycles. The molecule has 156 valence electrons. The molecule has 3 heterocycles. The first kappa shape index (κ1) is 23.3. The third-order valence-corrected chi connectivity index (χ3v) is 4.96. The molecule has 0 fully saturated rings. The van der Waals surface area contributed by atoms with E-state index in [0.29, 0.717) is 6.54 Å². The van der Waals surface area contributed by atoms with Crippen molar-refractivity contribution in [1.29, 1.82) is 0 Å². The highest BCUT2D eigenvalue weighted by Crippen LogP contribution is 2.11. The summed E-state index contributed by atoms with van der Waals surface area (Å²) in [5.41, 5.74) is 4.24. The lowest BCUT2D eigenvalue weighted by atomic mass is 10.3. The molecule has 2 N–H and O–H groups in total. The molecular formula is C20H28IN7S. The molecule has 0 saturated heterocycles. The van der Waals surface area contributed by atoms with Gasteiger partial charge in [-0.05, 0) is 45.4 Å². The highest BCUT2D eigenvalue weighted by molar-refractivity contribution is 14.0. The summed E-state index contributed by atoms with van der Waals surface area (Å²) < 4.78 is 1.86. The van der Waals surface area contributed by atoms with E-state index in [0.717, 1.165) is 58.9 Å². The summed E-state index contributed by atoms with van der Waals surface area (Å²) in [6.45, 7) is 10.3. The lowest BCUT2D eigenvalue weighted by molar-refractivity contribution is 0.787. The molecule has 3 aromatic heterocycles. The van der Waals surface area contributed by atoms with Crippen LogP contribution in [0.1, 0.15) is 34.6 Å². The molecule has 3 rings (SSSR count). The van der Waals surface area contributed by atoms with Crippen molar-refractivity contribution in [1.82, 2.24) is 30.4 Å². The number of nitrogens with zero attached hydrogens (tertiary/aromatic N) is 5. The zero-order valence-corrected chi connectivity index (χ0v) is 20.4. The van der Waals surface area contributed by atoms with Crippen molar-refractivity contribution in [2.75, 3.05) is 13.1 Å². The Balaban J connectivity index is 0.00000300. The van der Waals surface area contributed by atoms with Crippen LogP contribution in [0.4, 0.5) is 0 Å². The first-order valence-corrected chi connectivity index (χ1v) is 10.3. The van der Waals surface area contributed by atoms with E-state index in [1.807, 2.05) is 49.8 Å². The van der Waals surface area contributed by atoms with Gasteiger partial charge in [0.15, 0.2) is 11.8 Å². The van der Waals surface area contributed by atoms with Crippen LogP contribution in [0.3, 0.4) is 0 Å². The van der Waals surface area contributed by atoms with Gasteiger partial charge in [0, 0.05) is 36.8 Å². The van der Waals surface area contributed by atoms with Crippen LogP contribution in [0.25, 0.3) is 5.82 Å². The van der Waals surface area contributed by atoms with Gasteiger partial charge in [0.05, 0.1) is 22.9 Å². The molecular weight excluding hydrogens is 497 g/mol. The average Bonchev–Trinajstić information content (AvgIpc) is 3.24. The van der Waals surface area contributed by atoms with Crippen molar-refractivity contribution in [3.05, 3.63) is 57.4 Å². The maximum absolute atomic E-state index is 4.66. The smallest absolute Gasteiger partial charge is 0.191 e. The fraction of sp³-hybridized carbons (Fsp3) is 0.400. The van der Waals surface area contributed by atoms with Crippen LogP contribution in [0.15, 0.2) is 34.8 Å². The topological polar surface area (TPSA) is 80.0 Å². The fourth-order valence-corrected chi connectivity index (χ4v) is 3.49. The Labute approximate surface area is 193 Å². The molecule has 0 aliphatic rings. The number of thiazole rings is 1. The van der Waals surface area contributed by atoms with Gasteiger partial charge < -0.3 is 10.6 Å². The molecule has 9 heteroatoms. The van der Waals surface area contributed by atoms with Gasteiger partial charge >= 0.3 is 0 Å². The molecule has 0 amide bonds. The summed E-state index contributed by atoms with van der Waals surface area (Å²) in [4.78, 5) is 13.7. The molecule has 3 aromatic rings. The van der Waals surface area contributed by atoms with Crippen LogP contribution >= 0.6 is 35.3 Å². The van der Waals surface area contributed by atoms with Gasteiger partial charge in [-0.1, -0.05) is 6.07 Å². The van der Waals surface area contributed by atoms with E-state index in [-0.39, 0.29) is 24.0 Å². The highest BCUT2D eigenvalue weighted by atomic mass is 127. The van der Waals surface area contributed by atoms with Crippen molar-refractivity contribution in [3.63, 3.8) is 0 Å². The standard InChI is InChI=1S/C20H27N7S.HI/c1-5-21-20(22-9-8-18-13-28-16(4)25-18)24-12-17-6-7-19(23-11-17)27-15(3)10-14(2)26-27;/h6-7,10-11,13H,5,8-9,12H2,1-4H3,(H2,21,22,24);1H. The first-order valence-electron chi connectivity index (χ1n) is 9.47. The minimum atomic E-state index is 0. The van der Waals surface area contributed by atoms with Crippen LogP contribution < -0.4 is 10.6 Å². The highest BCUT2D eigenvalue weighted by Gasteiger charge is 2.05. The summed E-state index contributed by atoms with van der Waals surface area (Å²) in [7, 11) is 0. The predicted octanol–water partition coefficient (Wildman–Crippen LogP) is 3.56. The van der Waals surface area contributed by atoms with Crippen molar-refractivity contribution >= 4 is 41.3 Å². The van der Waals surface area contributed by atoms with Crippen LogP contribution in [0, 0.1) is 20.8 Å². The van der Waals surface area contributed by atoms with E-state index in [1.165, 1.54) is 0 Å². The lowest BCUT2D eigenvalue weighted by Gasteiger charge is -2.11. The number of guanidine groups is 1. The zero-order chi connectivity index (χ0) is 19.9. The average molecular weight is 525 g/mol. The summed E-state index contributed by atoms with van der Waals surface area (Å²) in [5, 5.41) is 14.3. The molecule has 0 aliphatic heterocycles. The Morgan fingerprint density at radius 3 is 2.62 bits per heavy atom. The molecule has 7 nitrogen and oxygen atoms in total. The van der Waals surface area contributed by atoms with E-state index in [1.54, 1.807) is 11.3 Å². The van der Waals surface area contributed by atoms with Crippen LogP contribution in [0.2, 0.25) is 0 Å². The predicted molar refractivity (Wildman–Crippen MR) is 130 cm³/mol. The number of nitrogens with one attached hydrogen (secondary N) is 2. The van der Waals surface area contributed by atoms with Crippen LogP contribution in [0.5, 0.6) is 0 Å². The maximum atomic E-state index is 4.66. The largest absolute Gasteiger partial charge is 0.357 e. The van der Waals surface area contributed by atoms with Gasteiger partial charge in [-0.3, -0.25) is 0 Å². The monoisotopic (exact) mass is 525 g/mol. The van der Waals surface area contributed by atoms with Crippen molar-refractivity contribution in [3.8, 4) is 5.82 Å². The van der Waals surface area contributed by atoms with Gasteiger partial charge in [0.1, 0.15) is 0 Å². The molecule has 0 radical (unpaired) electrons. The Bertz CT molecular complexity index is 931. The second-order valence-electron chi connectivity index (χ2n) is 6.59. The second kappa shape index (κ2) is 11.2. The number of aromatic nitrogens is 4. The Hall–Kier alpha value is -2.01. The Kier molecular flexibility index (Phi) is 9.02. The summed E-state index contributed by atoms with van der Waals surface area (Å²) in [6.07, 6.45) is 2.74. The minimum absolute atomic E-state index is 0. The number of aliphatic imine (C=N–C) groups is 1. The molecule has 0 bridgehead atoms. The number of hydrogen-bond acceptors (Lipinski definition) is 5. The summed E-state index contributed by atoms with van der Waals surface area (Å²) >= 11 is 1.68. The molecule has 0 aromatic carbocycles. The molecule has 0 aliphatic carbocycles.